The lowest BCUT2D eigenvalue weighted by Gasteiger charge is -2.07. The monoisotopic (exact) mass is 258 g/mol. The van der Waals surface area contributed by atoms with Crippen LogP contribution in [0.1, 0.15) is 47.3 Å². The van der Waals surface area contributed by atoms with E-state index in [-0.39, 0.29) is 11.7 Å². The number of hydrogen-bond acceptors (Lipinski definition) is 3. The van der Waals surface area contributed by atoms with E-state index in [1.54, 1.807) is 6.92 Å². The van der Waals surface area contributed by atoms with Crippen molar-refractivity contribution in [1.82, 2.24) is 20.5 Å². The van der Waals surface area contributed by atoms with E-state index >= 15 is 0 Å². The highest BCUT2D eigenvalue weighted by molar-refractivity contribution is 5.90. The summed E-state index contributed by atoms with van der Waals surface area (Å²) in [7, 11) is 0. The van der Waals surface area contributed by atoms with Gasteiger partial charge in [-0.15, -0.1) is 5.10 Å². The summed E-state index contributed by atoms with van der Waals surface area (Å²) in [4.78, 5) is 15.7. The van der Waals surface area contributed by atoms with Gasteiger partial charge in [0.1, 0.15) is 5.82 Å². The van der Waals surface area contributed by atoms with Crippen molar-refractivity contribution in [2.75, 3.05) is 0 Å². The van der Waals surface area contributed by atoms with Gasteiger partial charge in [0.05, 0.1) is 0 Å². The average molecular weight is 258 g/mol. The number of benzene rings is 1. The van der Waals surface area contributed by atoms with Gasteiger partial charge in [-0.1, -0.05) is 38.1 Å². The Hall–Kier alpha value is -2.17. The van der Waals surface area contributed by atoms with Crippen LogP contribution in [0.3, 0.4) is 0 Å². The molecule has 0 bridgehead atoms. The molecular weight excluding hydrogens is 240 g/mol. The second-order valence-electron chi connectivity index (χ2n) is 4.82. The molecule has 0 aliphatic heterocycles. The molecule has 19 heavy (non-hydrogen) atoms. The highest BCUT2D eigenvalue weighted by Crippen LogP contribution is 2.14. The van der Waals surface area contributed by atoms with Gasteiger partial charge in [0, 0.05) is 6.54 Å². The van der Waals surface area contributed by atoms with E-state index in [2.05, 4.69) is 46.5 Å². The number of aromatic nitrogens is 3. The number of rotatable bonds is 4. The number of aryl methyl sites for hydroxylation is 1. The van der Waals surface area contributed by atoms with Crippen molar-refractivity contribution in [3.8, 4) is 0 Å². The zero-order valence-corrected chi connectivity index (χ0v) is 11.4. The molecule has 0 spiro atoms. The molecule has 1 aromatic heterocycles. The molecule has 0 fully saturated rings. The summed E-state index contributed by atoms with van der Waals surface area (Å²) in [5.74, 6) is 1.06. The quantitative estimate of drug-likeness (QED) is 0.883. The Labute approximate surface area is 112 Å². The minimum Gasteiger partial charge on any atom is -0.345 e. The molecule has 5 nitrogen and oxygen atoms in total. The van der Waals surface area contributed by atoms with Crippen molar-refractivity contribution in [2.24, 2.45) is 0 Å². The van der Waals surface area contributed by atoms with Crippen molar-refractivity contribution in [1.29, 1.82) is 0 Å². The highest BCUT2D eigenvalue weighted by Gasteiger charge is 2.10. The zero-order chi connectivity index (χ0) is 13.8. The lowest BCUT2D eigenvalue weighted by molar-refractivity contribution is 0.0941. The third kappa shape index (κ3) is 3.40. The first-order valence-electron chi connectivity index (χ1n) is 6.32. The summed E-state index contributed by atoms with van der Waals surface area (Å²) >= 11 is 0. The molecule has 0 atom stereocenters. The molecule has 0 aliphatic rings. The zero-order valence-electron chi connectivity index (χ0n) is 11.4. The van der Waals surface area contributed by atoms with Crippen LogP contribution in [0.5, 0.6) is 0 Å². The van der Waals surface area contributed by atoms with Gasteiger partial charge in [-0.3, -0.25) is 9.89 Å². The second kappa shape index (κ2) is 5.65. The Bertz CT molecular complexity index is 557. The van der Waals surface area contributed by atoms with Crippen molar-refractivity contribution in [3.05, 3.63) is 47.0 Å². The molecule has 0 unspecified atom stereocenters. The largest absolute Gasteiger partial charge is 0.345 e. The van der Waals surface area contributed by atoms with Crippen molar-refractivity contribution >= 4 is 5.91 Å². The number of nitrogens with one attached hydrogen (secondary N) is 2. The number of hydrogen-bond donors (Lipinski definition) is 2. The number of nitrogens with zero attached hydrogens (tertiary/aromatic N) is 2. The van der Waals surface area contributed by atoms with Crippen LogP contribution in [-0.2, 0) is 6.54 Å². The Kier molecular flexibility index (Phi) is 3.94. The van der Waals surface area contributed by atoms with Gasteiger partial charge in [0.2, 0.25) is 5.82 Å². The molecule has 0 radical (unpaired) electrons. The lowest BCUT2D eigenvalue weighted by atomic mass is 10.0. The third-order valence-corrected chi connectivity index (χ3v) is 2.90. The van der Waals surface area contributed by atoms with E-state index in [0.717, 1.165) is 5.56 Å². The number of H-pyrrole nitrogens is 1. The first kappa shape index (κ1) is 13.3. The van der Waals surface area contributed by atoms with Crippen LogP contribution in [-0.4, -0.2) is 21.1 Å². The van der Waals surface area contributed by atoms with Crippen LogP contribution in [0.2, 0.25) is 0 Å². The highest BCUT2D eigenvalue weighted by atomic mass is 16.2. The Morgan fingerprint density at radius 3 is 2.53 bits per heavy atom. The third-order valence-electron chi connectivity index (χ3n) is 2.90. The van der Waals surface area contributed by atoms with Gasteiger partial charge in [0.25, 0.3) is 5.91 Å². The van der Waals surface area contributed by atoms with Crippen LogP contribution < -0.4 is 5.32 Å². The minimum absolute atomic E-state index is 0.177. The van der Waals surface area contributed by atoms with Crippen LogP contribution in [0.4, 0.5) is 0 Å². The topological polar surface area (TPSA) is 70.7 Å². The van der Waals surface area contributed by atoms with Gasteiger partial charge in [-0.05, 0) is 24.0 Å². The maximum absolute atomic E-state index is 11.8. The standard InChI is InChI=1S/C14H18N4O/c1-9(2)12-6-4-11(5-7-12)8-15-14(19)13-16-10(3)17-18-13/h4-7,9H,8H2,1-3H3,(H,15,19)(H,16,17,18). The van der Waals surface area contributed by atoms with Gasteiger partial charge < -0.3 is 5.32 Å². The van der Waals surface area contributed by atoms with E-state index in [4.69, 9.17) is 0 Å². The molecule has 0 saturated carbocycles. The van der Waals surface area contributed by atoms with Crippen molar-refractivity contribution < 1.29 is 4.79 Å². The van der Waals surface area contributed by atoms with Crippen LogP contribution >= 0.6 is 0 Å². The molecule has 1 aromatic carbocycles. The normalized spacial score (nSPS) is 10.7. The van der Waals surface area contributed by atoms with E-state index < -0.39 is 0 Å². The molecule has 0 aliphatic carbocycles. The molecular formula is C14H18N4O. The molecule has 2 N–H and O–H groups in total. The van der Waals surface area contributed by atoms with E-state index in [0.29, 0.717) is 18.3 Å². The first-order valence-corrected chi connectivity index (χ1v) is 6.32. The minimum atomic E-state index is -0.266. The molecule has 2 rings (SSSR count). The van der Waals surface area contributed by atoms with Gasteiger partial charge in [-0.2, -0.15) is 0 Å². The predicted molar refractivity (Wildman–Crippen MR) is 72.8 cm³/mol. The molecule has 1 amide bonds. The Morgan fingerprint density at radius 2 is 2.00 bits per heavy atom. The Morgan fingerprint density at radius 1 is 1.32 bits per heavy atom. The van der Waals surface area contributed by atoms with Crippen LogP contribution in [0.25, 0.3) is 0 Å². The summed E-state index contributed by atoms with van der Waals surface area (Å²) in [6, 6.07) is 8.23. The molecule has 0 saturated heterocycles. The van der Waals surface area contributed by atoms with Crippen LogP contribution in [0.15, 0.2) is 24.3 Å². The average Bonchev–Trinajstić information content (AvgIpc) is 2.83. The fraction of sp³-hybridized carbons (Fsp3) is 0.357. The Balaban J connectivity index is 1.93. The first-order chi connectivity index (χ1) is 9.06. The van der Waals surface area contributed by atoms with Crippen LogP contribution in [0, 0.1) is 6.92 Å². The fourth-order valence-electron chi connectivity index (χ4n) is 1.73. The molecule has 100 valence electrons. The van der Waals surface area contributed by atoms with Crippen molar-refractivity contribution in [2.45, 2.75) is 33.2 Å². The number of carbonyl (C=O) groups excluding carboxylic acids is 1. The lowest BCUT2D eigenvalue weighted by Crippen LogP contribution is -2.24. The van der Waals surface area contributed by atoms with Crippen molar-refractivity contribution in [3.63, 3.8) is 0 Å². The predicted octanol–water partition coefficient (Wildman–Crippen LogP) is 2.17. The number of carbonyl (C=O) groups is 1. The summed E-state index contributed by atoms with van der Waals surface area (Å²) < 4.78 is 0. The SMILES string of the molecule is Cc1nc(C(=O)NCc2ccc(C(C)C)cc2)n[nH]1. The maximum atomic E-state index is 11.8. The molecule has 2 aromatic rings. The summed E-state index contributed by atoms with van der Waals surface area (Å²) in [6.45, 7) is 6.55. The second-order valence-corrected chi connectivity index (χ2v) is 4.82. The van der Waals surface area contributed by atoms with Gasteiger partial charge >= 0.3 is 0 Å². The maximum Gasteiger partial charge on any atom is 0.291 e. The fourth-order valence-corrected chi connectivity index (χ4v) is 1.73. The summed E-state index contributed by atoms with van der Waals surface area (Å²) in [5.41, 5.74) is 2.35. The van der Waals surface area contributed by atoms with E-state index in [1.807, 2.05) is 12.1 Å². The van der Waals surface area contributed by atoms with Gasteiger partial charge in [0.15, 0.2) is 0 Å². The van der Waals surface area contributed by atoms with E-state index in [1.165, 1.54) is 5.56 Å². The number of amides is 1. The smallest absolute Gasteiger partial charge is 0.291 e. The molecule has 5 heteroatoms. The summed E-state index contributed by atoms with van der Waals surface area (Å²) in [5, 5.41) is 9.26. The van der Waals surface area contributed by atoms with E-state index in [9.17, 15) is 4.79 Å². The summed E-state index contributed by atoms with van der Waals surface area (Å²) in [6.07, 6.45) is 0. The number of aromatic amines is 1. The van der Waals surface area contributed by atoms with Gasteiger partial charge in [-0.25, -0.2) is 4.98 Å². The molecule has 1 heterocycles.